The lowest BCUT2D eigenvalue weighted by Crippen LogP contribution is -2.30. The summed E-state index contributed by atoms with van der Waals surface area (Å²) in [4.78, 5) is 28.0. The largest absolute Gasteiger partial charge is 0.497 e. The number of hydrogen-bond acceptors (Lipinski definition) is 5. The van der Waals surface area contributed by atoms with E-state index in [4.69, 9.17) is 4.74 Å². The van der Waals surface area contributed by atoms with Gasteiger partial charge in [0.05, 0.1) is 19.6 Å². The maximum atomic E-state index is 13.9. The fourth-order valence-corrected chi connectivity index (χ4v) is 3.46. The SMILES string of the molecule is COc1ccc(C(CC(=O)O)NC(=O)c2csc(-c3ccccc3F)n2)cc1. The molecule has 2 N–H and O–H groups in total. The Kier molecular flexibility index (Phi) is 6.00. The molecule has 8 heteroatoms. The van der Waals surface area contributed by atoms with Crippen LogP contribution >= 0.6 is 11.3 Å². The second-order valence-corrected chi connectivity index (χ2v) is 6.77. The van der Waals surface area contributed by atoms with Crippen LogP contribution < -0.4 is 10.1 Å². The van der Waals surface area contributed by atoms with Crippen molar-refractivity contribution in [2.45, 2.75) is 12.5 Å². The van der Waals surface area contributed by atoms with Crippen LogP contribution in [0, 0.1) is 5.82 Å². The van der Waals surface area contributed by atoms with Crippen molar-refractivity contribution in [1.82, 2.24) is 10.3 Å². The third-order valence-corrected chi connectivity index (χ3v) is 4.92. The number of thiazole rings is 1. The molecule has 0 bridgehead atoms. The average Bonchev–Trinajstić information content (AvgIpc) is 3.17. The highest BCUT2D eigenvalue weighted by Gasteiger charge is 2.21. The van der Waals surface area contributed by atoms with Crippen molar-refractivity contribution < 1.29 is 23.8 Å². The number of hydrogen-bond donors (Lipinski definition) is 2. The summed E-state index contributed by atoms with van der Waals surface area (Å²) in [6.45, 7) is 0. The van der Waals surface area contributed by atoms with Crippen molar-refractivity contribution in [3.63, 3.8) is 0 Å². The third kappa shape index (κ3) is 4.52. The third-order valence-electron chi connectivity index (χ3n) is 4.04. The van der Waals surface area contributed by atoms with Gasteiger partial charge in [0.15, 0.2) is 0 Å². The van der Waals surface area contributed by atoms with Crippen LogP contribution in [0.1, 0.15) is 28.5 Å². The van der Waals surface area contributed by atoms with Gasteiger partial charge in [-0.3, -0.25) is 9.59 Å². The number of carbonyl (C=O) groups is 2. The Balaban J connectivity index is 1.80. The van der Waals surface area contributed by atoms with Gasteiger partial charge >= 0.3 is 5.97 Å². The number of carbonyl (C=O) groups excluding carboxylic acids is 1. The van der Waals surface area contributed by atoms with E-state index < -0.39 is 23.7 Å². The minimum absolute atomic E-state index is 0.104. The Morgan fingerprint density at radius 2 is 1.93 bits per heavy atom. The molecule has 144 valence electrons. The molecule has 0 saturated carbocycles. The van der Waals surface area contributed by atoms with E-state index >= 15 is 0 Å². The predicted molar refractivity (Wildman–Crippen MR) is 103 cm³/mol. The second kappa shape index (κ2) is 8.62. The molecule has 1 heterocycles. The number of rotatable bonds is 7. The number of aromatic nitrogens is 1. The lowest BCUT2D eigenvalue weighted by atomic mass is 10.0. The number of aliphatic carboxylic acids is 1. The maximum Gasteiger partial charge on any atom is 0.305 e. The van der Waals surface area contributed by atoms with Crippen molar-refractivity contribution in [1.29, 1.82) is 0 Å². The minimum atomic E-state index is -1.05. The fraction of sp³-hybridized carbons (Fsp3) is 0.150. The van der Waals surface area contributed by atoms with Crippen LogP contribution in [0.3, 0.4) is 0 Å². The fourth-order valence-electron chi connectivity index (χ4n) is 2.63. The van der Waals surface area contributed by atoms with Crippen LogP contribution in [0.25, 0.3) is 10.6 Å². The van der Waals surface area contributed by atoms with Crippen LogP contribution in [0.5, 0.6) is 5.75 Å². The summed E-state index contributed by atoms with van der Waals surface area (Å²) in [5.41, 5.74) is 1.04. The maximum absolute atomic E-state index is 13.9. The molecule has 0 aliphatic heterocycles. The number of benzene rings is 2. The number of nitrogens with one attached hydrogen (secondary N) is 1. The van der Waals surface area contributed by atoms with Crippen LogP contribution in [0.15, 0.2) is 53.9 Å². The summed E-state index contributed by atoms with van der Waals surface area (Å²) < 4.78 is 19.0. The molecule has 1 atom stereocenters. The first-order chi connectivity index (χ1) is 13.5. The summed E-state index contributed by atoms with van der Waals surface area (Å²) in [7, 11) is 1.53. The highest BCUT2D eigenvalue weighted by atomic mass is 32.1. The number of carboxylic acids is 1. The summed E-state index contributed by atoms with van der Waals surface area (Å²) in [6, 6.07) is 12.2. The number of ether oxygens (including phenoxy) is 1. The number of nitrogens with zero attached hydrogens (tertiary/aromatic N) is 1. The molecule has 6 nitrogen and oxygen atoms in total. The van der Waals surface area contributed by atoms with E-state index in [0.29, 0.717) is 21.9 Å². The van der Waals surface area contributed by atoms with Crippen molar-refractivity contribution in [3.05, 3.63) is 71.0 Å². The Labute approximate surface area is 164 Å². The van der Waals surface area contributed by atoms with Crippen molar-refractivity contribution in [2.75, 3.05) is 7.11 Å². The Hall–Kier alpha value is -3.26. The smallest absolute Gasteiger partial charge is 0.305 e. The highest BCUT2D eigenvalue weighted by Crippen LogP contribution is 2.27. The number of carboxylic acid groups (broad SMARTS) is 1. The van der Waals surface area contributed by atoms with Gasteiger partial charge in [0.2, 0.25) is 0 Å². The van der Waals surface area contributed by atoms with Gasteiger partial charge in [0.1, 0.15) is 22.3 Å². The van der Waals surface area contributed by atoms with E-state index in [1.54, 1.807) is 42.5 Å². The van der Waals surface area contributed by atoms with Crippen molar-refractivity contribution in [2.24, 2.45) is 0 Å². The molecule has 0 spiro atoms. The van der Waals surface area contributed by atoms with E-state index in [9.17, 15) is 19.1 Å². The van der Waals surface area contributed by atoms with Gasteiger partial charge in [-0.1, -0.05) is 24.3 Å². The normalized spacial score (nSPS) is 11.6. The first-order valence-electron chi connectivity index (χ1n) is 8.35. The van der Waals surface area contributed by atoms with E-state index in [2.05, 4.69) is 10.3 Å². The van der Waals surface area contributed by atoms with E-state index in [-0.39, 0.29) is 12.1 Å². The molecule has 0 radical (unpaired) electrons. The molecule has 1 amide bonds. The lowest BCUT2D eigenvalue weighted by molar-refractivity contribution is -0.137. The summed E-state index contributed by atoms with van der Waals surface area (Å²) in [5.74, 6) is -1.38. The topological polar surface area (TPSA) is 88.5 Å². The molecule has 0 fully saturated rings. The summed E-state index contributed by atoms with van der Waals surface area (Å²) >= 11 is 1.14. The molecular weight excluding hydrogens is 383 g/mol. The van der Waals surface area contributed by atoms with Gasteiger partial charge in [0.25, 0.3) is 5.91 Å². The van der Waals surface area contributed by atoms with E-state index in [1.807, 2.05) is 0 Å². The number of amides is 1. The molecule has 3 aromatic rings. The quantitative estimate of drug-likeness (QED) is 0.628. The first kappa shape index (κ1) is 19.5. The van der Waals surface area contributed by atoms with Crippen molar-refractivity contribution >= 4 is 23.2 Å². The predicted octanol–water partition coefficient (Wildman–Crippen LogP) is 3.90. The van der Waals surface area contributed by atoms with Gasteiger partial charge in [0, 0.05) is 10.9 Å². The van der Waals surface area contributed by atoms with Gasteiger partial charge in [-0.05, 0) is 29.8 Å². The Morgan fingerprint density at radius 1 is 1.21 bits per heavy atom. The molecule has 0 aliphatic rings. The Bertz CT molecular complexity index is 988. The highest BCUT2D eigenvalue weighted by molar-refractivity contribution is 7.13. The molecule has 2 aromatic carbocycles. The zero-order valence-corrected chi connectivity index (χ0v) is 15.7. The molecule has 1 unspecified atom stereocenters. The Morgan fingerprint density at radius 3 is 2.57 bits per heavy atom. The van der Waals surface area contributed by atoms with Crippen LogP contribution in [0.2, 0.25) is 0 Å². The van der Waals surface area contributed by atoms with Gasteiger partial charge < -0.3 is 15.2 Å². The number of methoxy groups -OCH3 is 1. The van der Waals surface area contributed by atoms with Gasteiger partial charge in [-0.15, -0.1) is 11.3 Å². The standard InChI is InChI=1S/C20H17FN2O4S/c1-27-13-8-6-12(7-9-13)16(10-18(24)25)22-19(26)17-11-28-20(23-17)14-4-2-3-5-15(14)21/h2-9,11,16H,10H2,1H3,(H,22,26)(H,24,25). The first-order valence-corrected chi connectivity index (χ1v) is 9.23. The molecule has 28 heavy (non-hydrogen) atoms. The monoisotopic (exact) mass is 400 g/mol. The van der Waals surface area contributed by atoms with Crippen LogP contribution in [-0.2, 0) is 4.79 Å². The van der Waals surface area contributed by atoms with Gasteiger partial charge in [-0.2, -0.15) is 0 Å². The van der Waals surface area contributed by atoms with Crippen LogP contribution in [-0.4, -0.2) is 29.1 Å². The van der Waals surface area contributed by atoms with Gasteiger partial charge in [-0.25, -0.2) is 9.37 Å². The molecular formula is C20H17FN2O4S. The van der Waals surface area contributed by atoms with E-state index in [0.717, 1.165) is 11.3 Å². The molecule has 0 aliphatic carbocycles. The molecule has 0 saturated heterocycles. The average molecular weight is 400 g/mol. The zero-order valence-electron chi connectivity index (χ0n) is 14.9. The van der Waals surface area contributed by atoms with E-state index in [1.165, 1.54) is 18.6 Å². The number of halogens is 1. The lowest BCUT2D eigenvalue weighted by Gasteiger charge is -2.17. The second-order valence-electron chi connectivity index (χ2n) is 5.91. The molecule has 3 rings (SSSR count). The van der Waals surface area contributed by atoms with Crippen molar-refractivity contribution in [3.8, 4) is 16.3 Å². The minimum Gasteiger partial charge on any atom is -0.497 e. The molecule has 1 aromatic heterocycles. The summed E-state index contributed by atoms with van der Waals surface area (Å²) in [5, 5.41) is 13.8. The summed E-state index contributed by atoms with van der Waals surface area (Å²) in [6.07, 6.45) is -0.289. The zero-order chi connectivity index (χ0) is 20.1. The van der Waals surface area contributed by atoms with Crippen LogP contribution in [0.4, 0.5) is 4.39 Å².